The SMILES string of the molecule is Cc1ccc(CN)c(Oc2ccc(F)cc2Cl)n1. The van der Waals surface area contributed by atoms with Gasteiger partial charge >= 0.3 is 0 Å². The Morgan fingerprint density at radius 2 is 2.11 bits per heavy atom. The minimum atomic E-state index is -0.413. The van der Waals surface area contributed by atoms with Crippen LogP contribution in [0.25, 0.3) is 0 Å². The topological polar surface area (TPSA) is 48.1 Å². The number of aromatic nitrogens is 1. The molecule has 0 amide bonds. The molecule has 5 heteroatoms. The van der Waals surface area contributed by atoms with Gasteiger partial charge in [0, 0.05) is 17.8 Å². The summed E-state index contributed by atoms with van der Waals surface area (Å²) in [5.74, 6) is 0.334. The van der Waals surface area contributed by atoms with Crippen molar-refractivity contribution in [1.82, 2.24) is 4.98 Å². The molecule has 0 aliphatic carbocycles. The summed E-state index contributed by atoms with van der Waals surface area (Å²) in [6, 6.07) is 7.62. The molecule has 0 fully saturated rings. The highest BCUT2D eigenvalue weighted by Crippen LogP contribution is 2.30. The van der Waals surface area contributed by atoms with Crippen LogP contribution in [-0.2, 0) is 6.54 Å². The molecule has 18 heavy (non-hydrogen) atoms. The van der Waals surface area contributed by atoms with E-state index >= 15 is 0 Å². The molecule has 0 saturated heterocycles. The molecule has 1 aromatic carbocycles. The van der Waals surface area contributed by atoms with E-state index in [2.05, 4.69) is 4.98 Å². The number of rotatable bonds is 3. The molecule has 0 spiro atoms. The lowest BCUT2D eigenvalue weighted by Crippen LogP contribution is -2.02. The van der Waals surface area contributed by atoms with E-state index in [-0.39, 0.29) is 5.02 Å². The maximum Gasteiger partial charge on any atom is 0.224 e. The third-order valence-corrected chi connectivity index (χ3v) is 2.69. The Labute approximate surface area is 109 Å². The van der Waals surface area contributed by atoms with Crippen LogP contribution < -0.4 is 10.5 Å². The van der Waals surface area contributed by atoms with Crippen molar-refractivity contribution in [1.29, 1.82) is 0 Å². The van der Waals surface area contributed by atoms with Crippen molar-refractivity contribution >= 4 is 11.6 Å². The quantitative estimate of drug-likeness (QED) is 0.926. The zero-order chi connectivity index (χ0) is 13.1. The minimum Gasteiger partial charge on any atom is -0.437 e. The number of aryl methyl sites for hydroxylation is 1. The van der Waals surface area contributed by atoms with Crippen LogP contribution in [-0.4, -0.2) is 4.98 Å². The Morgan fingerprint density at radius 1 is 1.33 bits per heavy atom. The molecule has 0 aliphatic heterocycles. The largest absolute Gasteiger partial charge is 0.437 e. The summed E-state index contributed by atoms with van der Waals surface area (Å²) in [5, 5.41) is 0.196. The second-order valence-corrected chi connectivity index (χ2v) is 4.21. The van der Waals surface area contributed by atoms with Crippen LogP contribution in [0.5, 0.6) is 11.6 Å². The van der Waals surface area contributed by atoms with Gasteiger partial charge in [0.2, 0.25) is 5.88 Å². The van der Waals surface area contributed by atoms with E-state index in [9.17, 15) is 4.39 Å². The third kappa shape index (κ3) is 2.78. The van der Waals surface area contributed by atoms with Gasteiger partial charge in [-0.1, -0.05) is 17.7 Å². The lowest BCUT2D eigenvalue weighted by molar-refractivity contribution is 0.454. The Morgan fingerprint density at radius 3 is 2.78 bits per heavy atom. The van der Waals surface area contributed by atoms with Gasteiger partial charge in [0.15, 0.2) is 0 Å². The molecule has 0 aliphatic rings. The molecule has 3 nitrogen and oxygen atoms in total. The predicted octanol–water partition coefficient (Wildman–Crippen LogP) is 3.43. The monoisotopic (exact) mass is 266 g/mol. The maximum absolute atomic E-state index is 12.9. The molecule has 0 radical (unpaired) electrons. The van der Waals surface area contributed by atoms with Gasteiger partial charge < -0.3 is 10.5 Å². The zero-order valence-corrected chi connectivity index (χ0v) is 10.5. The molecule has 1 aromatic heterocycles. The molecule has 1 heterocycles. The second kappa shape index (κ2) is 5.33. The van der Waals surface area contributed by atoms with Crippen molar-refractivity contribution in [2.45, 2.75) is 13.5 Å². The fourth-order valence-electron chi connectivity index (χ4n) is 1.47. The van der Waals surface area contributed by atoms with Crippen molar-refractivity contribution in [3.8, 4) is 11.6 Å². The summed E-state index contributed by atoms with van der Waals surface area (Å²) in [4.78, 5) is 4.25. The van der Waals surface area contributed by atoms with Gasteiger partial charge in [-0.15, -0.1) is 0 Å². The lowest BCUT2D eigenvalue weighted by Gasteiger charge is -2.10. The molecule has 0 saturated carbocycles. The highest BCUT2D eigenvalue weighted by molar-refractivity contribution is 6.32. The van der Waals surface area contributed by atoms with E-state index in [0.717, 1.165) is 11.3 Å². The smallest absolute Gasteiger partial charge is 0.224 e. The van der Waals surface area contributed by atoms with Gasteiger partial charge in [-0.2, -0.15) is 0 Å². The molecular formula is C13H12ClFN2O. The molecule has 0 bridgehead atoms. The number of nitrogens with two attached hydrogens (primary N) is 1. The summed E-state index contributed by atoms with van der Waals surface area (Å²) in [6.45, 7) is 2.15. The van der Waals surface area contributed by atoms with E-state index in [1.807, 2.05) is 19.1 Å². The van der Waals surface area contributed by atoms with E-state index in [1.54, 1.807) is 0 Å². The van der Waals surface area contributed by atoms with Crippen molar-refractivity contribution in [3.63, 3.8) is 0 Å². The number of ether oxygens (including phenoxy) is 1. The number of benzene rings is 1. The Kier molecular flexibility index (Phi) is 3.79. The van der Waals surface area contributed by atoms with Crippen LogP contribution in [0.4, 0.5) is 4.39 Å². The van der Waals surface area contributed by atoms with E-state index in [0.29, 0.717) is 18.2 Å². The average Bonchev–Trinajstić information content (AvgIpc) is 2.33. The normalized spacial score (nSPS) is 10.4. The lowest BCUT2D eigenvalue weighted by atomic mass is 10.2. The average molecular weight is 267 g/mol. The van der Waals surface area contributed by atoms with Crippen LogP contribution in [0.15, 0.2) is 30.3 Å². The highest BCUT2D eigenvalue weighted by Gasteiger charge is 2.09. The molecular weight excluding hydrogens is 255 g/mol. The maximum atomic E-state index is 12.9. The molecule has 94 valence electrons. The van der Waals surface area contributed by atoms with Crippen LogP contribution in [0.3, 0.4) is 0 Å². The summed E-state index contributed by atoms with van der Waals surface area (Å²) in [6.07, 6.45) is 0. The minimum absolute atomic E-state index is 0.196. The highest BCUT2D eigenvalue weighted by atomic mass is 35.5. The first kappa shape index (κ1) is 12.8. The van der Waals surface area contributed by atoms with Gasteiger partial charge in [-0.05, 0) is 31.2 Å². The fourth-order valence-corrected chi connectivity index (χ4v) is 1.67. The van der Waals surface area contributed by atoms with Gasteiger partial charge in [-0.25, -0.2) is 9.37 Å². The van der Waals surface area contributed by atoms with E-state index in [1.165, 1.54) is 18.2 Å². The second-order valence-electron chi connectivity index (χ2n) is 3.80. The predicted molar refractivity (Wildman–Crippen MR) is 68.3 cm³/mol. The molecule has 0 unspecified atom stereocenters. The van der Waals surface area contributed by atoms with Gasteiger partial charge in [0.05, 0.1) is 5.02 Å². The number of nitrogens with zero attached hydrogens (tertiary/aromatic N) is 1. The van der Waals surface area contributed by atoms with Crippen molar-refractivity contribution in [3.05, 3.63) is 52.4 Å². The first-order valence-electron chi connectivity index (χ1n) is 5.39. The summed E-state index contributed by atoms with van der Waals surface area (Å²) in [5.41, 5.74) is 7.17. The van der Waals surface area contributed by atoms with Gasteiger partial charge in [-0.3, -0.25) is 0 Å². The number of hydrogen-bond acceptors (Lipinski definition) is 3. The number of pyridine rings is 1. The van der Waals surface area contributed by atoms with Gasteiger partial charge in [0.25, 0.3) is 0 Å². The number of halogens is 2. The summed E-state index contributed by atoms with van der Waals surface area (Å²) >= 11 is 5.89. The van der Waals surface area contributed by atoms with E-state index < -0.39 is 5.82 Å². The molecule has 2 rings (SSSR count). The fraction of sp³-hybridized carbons (Fsp3) is 0.154. The van der Waals surface area contributed by atoms with Crippen LogP contribution in [0.2, 0.25) is 5.02 Å². The Balaban J connectivity index is 2.36. The van der Waals surface area contributed by atoms with Crippen molar-refractivity contribution < 1.29 is 9.13 Å². The van der Waals surface area contributed by atoms with Crippen LogP contribution >= 0.6 is 11.6 Å². The Bertz CT molecular complexity index is 575. The van der Waals surface area contributed by atoms with E-state index in [4.69, 9.17) is 22.1 Å². The molecule has 2 N–H and O–H groups in total. The molecule has 2 aromatic rings. The first-order chi connectivity index (χ1) is 8.60. The zero-order valence-electron chi connectivity index (χ0n) is 9.78. The molecule has 0 atom stereocenters. The summed E-state index contributed by atoms with van der Waals surface area (Å²) in [7, 11) is 0. The van der Waals surface area contributed by atoms with Crippen molar-refractivity contribution in [2.75, 3.05) is 0 Å². The summed E-state index contributed by atoms with van der Waals surface area (Å²) < 4.78 is 18.5. The van der Waals surface area contributed by atoms with Crippen LogP contribution in [0.1, 0.15) is 11.3 Å². The third-order valence-electron chi connectivity index (χ3n) is 2.40. The standard InChI is InChI=1S/C13H12ClFN2O/c1-8-2-3-9(7-16)13(17-8)18-12-5-4-10(15)6-11(12)14/h2-6H,7,16H2,1H3. The van der Waals surface area contributed by atoms with Gasteiger partial charge in [0.1, 0.15) is 11.6 Å². The van der Waals surface area contributed by atoms with Crippen molar-refractivity contribution in [2.24, 2.45) is 5.73 Å². The number of hydrogen-bond donors (Lipinski definition) is 1. The van der Waals surface area contributed by atoms with Crippen LogP contribution in [0, 0.1) is 12.7 Å². The first-order valence-corrected chi connectivity index (χ1v) is 5.77. The Hall–Kier alpha value is -1.65.